The lowest BCUT2D eigenvalue weighted by molar-refractivity contribution is -0.138. The molecule has 0 unspecified atom stereocenters. The Bertz CT molecular complexity index is 2110. The number of aromatic amines is 1. The first-order valence-corrected chi connectivity index (χ1v) is 14.9. The summed E-state index contributed by atoms with van der Waals surface area (Å²) in [7, 11) is 1.39. The SMILES string of the molecule is C=CC(C)(C)c1[nH]c2ccccc2c1C=C1NC(=O)[C@]2(CC[C@]3(O)c4cc(OC)cc(O)c4C(=O)c4c(O)cc(C)c2c43)NC1=O. The molecule has 1 aromatic heterocycles. The molecule has 1 aliphatic heterocycles. The van der Waals surface area contributed by atoms with Gasteiger partial charge in [-0.3, -0.25) is 14.4 Å². The summed E-state index contributed by atoms with van der Waals surface area (Å²) >= 11 is 0. The van der Waals surface area contributed by atoms with Gasteiger partial charge in [0.25, 0.3) is 11.8 Å². The highest BCUT2D eigenvalue weighted by atomic mass is 16.5. The molecule has 234 valence electrons. The van der Waals surface area contributed by atoms with Crippen molar-refractivity contribution in [1.29, 1.82) is 0 Å². The molecule has 2 heterocycles. The number of carbonyl (C=O) groups excluding carboxylic acids is 3. The Hall–Kier alpha value is -5.35. The van der Waals surface area contributed by atoms with Crippen molar-refractivity contribution in [1.82, 2.24) is 15.6 Å². The van der Waals surface area contributed by atoms with Crippen LogP contribution in [0.15, 0.2) is 60.8 Å². The van der Waals surface area contributed by atoms with Gasteiger partial charge < -0.3 is 35.7 Å². The number of para-hydroxylation sites is 1. The summed E-state index contributed by atoms with van der Waals surface area (Å²) in [6.07, 6.45) is 3.30. The Balaban J connectivity index is 1.39. The smallest absolute Gasteiger partial charge is 0.268 e. The Morgan fingerprint density at radius 3 is 2.43 bits per heavy atom. The van der Waals surface area contributed by atoms with Crippen LogP contribution in [0.2, 0.25) is 0 Å². The van der Waals surface area contributed by atoms with Crippen LogP contribution >= 0.6 is 0 Å². The molecule has 0 saturated carbocycles. The number of rotatable bonds is 4. The molecular weight excluding hydrogens is 586 g/mol. The van der Waals surface area contributed by atoms with E-state index in [0.29, 0.717) is 5.56 Å². The third kappa shape index (κ3) is 3.76. The van der Waals surface area contributed by atoms with E-state index in [-0.39, 0.29) is 52.1 Å². The molecule has 2 atom stereocenters. The van der Waals surface area contributed by atoms with Gasteiger partial charge in [-0.05, 0) is 55.2 Å². The lowest BCUT2D eigenvalue weighted by atomic mass is 9.60. The number of H-pyrrole nitrogens is 1. The number of benzene rings is 3. The second kappa shape index (κ2) is 9.58. The van der Waals surface area contributed by atoms with Crippen molar-refractivity contribution in [3.8, 4) is 17.2 Å². The van der Waals surface area contributed by atoms with E-state index in [9.17, 15) is 29.7 Å². The molecule has 10 heteroatoms. The maximum Gasteiger partial charge on any atom is 0.268 e. The normalized spacial score (nSPS) is 22.8. The Morgan fingerprint density at radius 1 is 1.00 bits per heavy atom. The van der Waals surface area contributed by atoms with Gasteiger partial charge in [0.2, 0.25) is 5.78 Å². The van der Waals surface area contributed by atoms with Crippen LogP contribution < -0.4 is 15.4 Å². The van der Waals surface area contributed by atoms with E-state index in [0.717, 1.165) is 22.2 Å². The third-order valence-electron chi connectivity index (χ3n) is 9.83. The number of hydrogen-bond donors (Lipinski definition) is 6. The molecule has 6 N–H and O–H groups in total. The predicted octanol–water partition coefficient (Wildman–Crippen LogP) is 4.42. The molecule has 1 fully saturated rings. The maximum absolute atomic E-state index is 14.3. The summed E-state index contributed by atoms with van der Waals surface area (Å²) in [5.74, 6) is -2.42. The first-order chi connectivity index (χ1) is 21.8. The standard InChI is InChI=1S/C36H33N3O7/c1-6-34(3,4)31-20(19-9-7-8-10-22(19)37-31)16-23-32(43)39-35(33(44)38-23)11-12-36(45)21-14-18(46-5)15-25(41)26(21)30(42)27-24(40)13-17(2)28(35)29(27)36/h6-10,13-16,37,40-41,45H,1,11-12H2,2-5H3,(H,38,44)(H,39,43)/t35-,36+/m1/s1. The fraction of sp³-hybridized carbons (Fsp3) is 0.250. The van der Waals surface area contributed by atoms with Gasteiger partial charge in [0.05, 0.1) is 18.2 Å². The van der Waals surface area contributed by atoms with Crippen LogP contribution in [0.5, 0.6) is 17.2 Å². The van der Waals surface area contributed by atoms with E-state index in [1.54, 1.807) is 13.0 Å². The van der Waals surface area contributed by atoms with Crippen LogP contribution in [0.1, 0.15) is 76.1 Å². The number of ketones is 1. The van der Waals surface area contributed by atoms with Gasteiger partial charge in [0, 0.05) is 44.8 Å². The highest BCUT2D eigenvalue weighted by molar-refractivity contribution is 6.18. The summed E-state index contributed by atoms with van der Waals surface area (Å²) in [5, 5.41) is 40.8. The van der Waals surface area contributed by atoms with Crippen molar-refractivity contribution in [2.45, 2.75) is 50.2 Å². The number of piperazine rings is 1. The molecule has 3 aliphatic rings. The Kier molecular flexibility index (Phi) is 6.11. The number of carbonyl (C=O) groups is 3. The van der Waals surface area contributed by atoms with Gasteiger partial charge in [0.15, 0.2) is 0 Å². The average Bonchev–Trinajstić information content (AvgIpc) is 3.39. The van der Waals surface area contributed by atoms with Crippen molar-refractivity contribution < 1.29 is 34.4 Å². The highest BCUT2D eigenvalue weighted by Crippen LogP contribution is 2.57. The van der Waals surface area contributed by atoms with E-state index in [1.165, 1.54) is 25.3 Å². The van der Waals surface area contributed by atoms with E-state index >= 15 is 0 Å². The van der Waals surface area contributed by atoms with Gasteiger partial charge in [-0.15, -0.1) is 6.58 Å². The third-order valence-corrected chi connectivity index (χ3v) is 9.83. The van der Waals surface area contributed by atoms with Crippen molar-refractivity contribution in [3.63, 3.8) is 0 Å². The topological polar surface area (TPSA) is 161 Å². The van der Waals surface area contributed by atoms with Crippen molar-refractivity contribution in [3.05, 3.63) is 105 Å². The fourth-order valence-electron chi connectivity index (χ4n) is 7.41. The first-order valence-electron chi connectivity index (χ1n) is 14.9. The van der Waals surface area contributed by atoms with Crippen LogP contribution in [0.3, 0.4) is 0 Å². The average molecular weight is 620 g/mol. The number of aliphatic hydroxyl groups is 1. The number of phenols is 2. The second-order valence-electron chi connectivity index (χ2n) is 12.9. The lowest BCUT2D eigenvalue weighted by Gasteiger charge is -2.50. The van der Waals surface area contributed by atoms with E-state index in [4.69, 9.17) is 4.74 Å². The second-order valence-corrected chi connectivity index (χ2v) is 12.9. The molecule has 1 saturated heterocycles. The molecule has 3 aromatic carbocycles. The minimum absolute atomic E-state index is 0.0240. The molecule has 0 radical (unpaired) electrons. The van der Waals surface area contributed by atoms with Gasteiger partial charge in [0.1, 0.15) is 34.1 Å². The number of aryl methyl sites for hydroxylation is 1. The van der Waals surface area contributed by atoms with Crippen LogP contribution in [-0.2, 0) is 26.1 Å². The molecule has 7 rings (SSSR count). The molecule has 1 spiro atoms. The zero-order valence-corrected chi connectivity index (χ0v) is 25.8. The lowest BCUT2D eigenvalue weighted by Crippen LogP contribution is -2.65. The molecule has 10 nitrogen and oxygen atoms in total. The van der Waals surface area contributed by atoms with Gasteiger partial charge in [-0.1, -0.05) is 38.1 Å². The monoisotopic (exact) mass is 619 g/mol. The van der Waals surface area contributed by atoms with Crippen molar-refractivity contribution >= 4 is 34.6 Å². The van der Waals surface area contributed by atoms with Gasteiger partial charge in [-0.25, -0.2) is 0 Å². The minimum atomic E-state index is -1.88. The number of ether oxygens (including phenoxy) is 1. The summed E-state index contributed by atoms with van der Waals surface area (Å²) in [6.45, 7) is 9.62. The van der Waals surface area contributed by atoms with Crippen LogP contribution in [0, 0.1) is 6.92 Å². The number of fused-ring (bicyclic) bond motifs is 4. The quantitative estimate of drug-likeness (QED) is 0.146. The molecule has 2 aliphatic carbocycles. The molecule has 4 aromatic rings. The summed E-state index contributed by atoms with van der Waals surface area (Å²) in [6, 6.07) is 11.7. The molecular formula is C36H33N3O7. The molecule has 0 bridgehead atoms. The fourth-order valence-corrected chi connectivity index (χ4v) is 7.41. The summed E-state index contributed by atoms with van der Waals surface area (Å²) in [5.41, 5.74) is -1.23. The Labute approximate surface area is 264 Å². The number of aromatic nitrogens is 1. The van der Waals surface area contributed by atoms with Crippen LogP contribution in [-0.4, -0.2) is 45.0 Å². The number of hydrogen-bond acceptors (Lipinski definition) is 7. The number of phenolic OH excluding ortho intramolecular Hbond substituents is 2. The number of amides is 2. The van der Waals surface area contributed by atoms with Crippen LogP contribution in [0.4, 0.5) is 0 Å². The van der Waals surface area contributed by atoms with Gasteiger partial charge in [-0.2, -0.15) is 0 Å². The molecule has 46 heavy (non-hydrogen) atoms. The summed E-state index contributed by atoms with van der Waals surface area (Å²) in [4.78, 5) is 45.5. The molecule has 2 amide bonds. The first kappa shape index (κ1) is 29.4. The van der Waals surface area contributed by atoms with Crippen LogP contribution in [0.25, 0.3) is 17.0 Å². The Morgan fingerprint density at radius 2 is 1.72 bits per heavy atom. The highest BCUT2D eigenvalue weighted by Gasteiger charge is 2.59. The number of methoxy groups -OCH3 is 1. The van der Waals surface area contributed by atoms with Gasteiger partial charge >= 0.3 is 0 Å². The zero-order valence-electron chi connectivity index (χ0n) is 25.8. The van der Waals surface area contributed by atoms with E-state index in [1.807, 2.05) is 44.2 Å². The summed E-state index contributed by atoms with van der Waals surface area (Å²) < 4.78 is 5.31. The number of allylic oxidation sites excluding steroid dienone is 1. The van der Waals surface area contributed by atoms with Crippen molar-refractivity contribution in [2.75, 3.05) is 7.11 Å². The number of aromatic hydroxyl groups is 2. The number of nitrogens with one attached hydrogen (secondary N) is 3. The largest absolute Gasteiger partial charge is 0.507 e. The van der Waals surface area contributed by atoms with E-state index < -0.39 is 45.7 Å². The van der Waals surface area contributed by atoms with Crippen molar-refractivity contribution in [2.24, 2.45) is 0 Å². The predicted molar refractivity (Wildman–Crippen MR) is 171 cm³/mol. The zero-order chi connectivity index (χ0) is 32.9. The minimum Gasteiger partial charge on any atom is -0.507 e. The maximum atomic E-state index is 14.3. The van der Waals surface area contributed by atoms with E-state index in [2.05, 4.69) is 22.2 Å².